The van der Waals surface area contributed by atoms with Gasteiger partial charge in [-0.3, -0.25) is 4.99 Å². The third kappa shape index (κ3) is 6.16. The van der Waals surface area contributed by atoms with E-state index in [-0.39, 0.29) is 29.8 Å². The maximum atomic E-state index is 14.5. The van der Waals surface area contributed by atoms with Crippen LogP contribution in [-0.2, 0) is 11.3 Å². The Morgan fingerprint density at radius 3 is 2.82 bits per heavy atom. The summed E-state index contributed by atoms with van der Waals surface area (Å²) >= 11 is 0. The Kier molecular flexibility index (Phi) is 8.68. The number of hydrogen-bond acceptors (Lipinski definition) is 3. The Bertz CT molecular complexity index is 791. The highest BCUT2D eigenvalue weighted by Gasteiger charge is 2.21. The minimum absolute atomic E-state index is 0. The number of nitrogens with zero attached hydrogens (tertiary/aromatic N) is 4. The van der Waals surface area contributed by atoms with Crippen LogP contribution in [0.1, 0.15) is 24.2 Å². The number of aliphatic imine (C=N–C) groups is 1. The van der Waals surface area contributed by atoms with E-state index in [1.807, 2.05) is 24.9 Å². The Hall–Kier alpha value is -1.68. The maximum absolute atomic E-state index is 14.5. The van der Waals surface area contributed by atoms with Crippen molar-refractivity contribution in [3.8, 4) is 5.69 Å². The van der Waals surface area contributed by atoms with Crippen LogP contribution in [-0.4, -0.2) is 54.3 Å². The summed E-state index contributed by atoms with van der Waals surface area (Å²) < 4.78 is 21.9. The van der Waals surface area contributed by atoms with Crippen LogP contribution in [0.5, 0.6) is 0 Å². The van der Waals surface area contributed by atoms with E-state index in [2.05, 4.69) is 15.3 Å². The summed E-state index contributed by atoms with van der Waals surface area (Å²) in [5.41, 5.74) is 1.36. The van der Waals surface area contributed by atoms with Gasteiger partial charge in [-0.1, -0.05) is 6.07 Å². The van der Waals surface area contributed by atoms with Gasteiger partial charge in [0.15, 0.2) is 5.96 Å². The van der Waals surface area contributed by atoms with E-state index in [0.717, 1.165) is 36.4 Å². The monoisotopic (exact) mass is 501 g/mol. The molecule has 154 valence electrons. The molecule has 0 spiro atoms. The fourth-order valence-corrected chi connectivity index (χ4v) is 2.90. The molecule has 3 rings (SSSR count). The van der Waals surface area contributed by atoms with Crippen LogP contribution in [0, 0.1) is 18.7 Å². The Morgan fingerprint density at radius 2 is 2.21 bits per heavy atom. The number of benzene rings is 1. The number of aromatic nitrogens is 2. The molecule has 0 radical (unpaired) electrons. The molecule has 0 atom stereocenters. The zero-order valence-corrected chi connectivity index (χ0v) is 19.0. The molecule has 0 unspecified atom stereocenters. The molecule has 1 N–H and O–H groups in total. The predicted octanol–water partition coefficient (Wildman–Crippen LogP) is 3.37. The SMILES string of the molecule is CN=C(NCc1ccc(-n2ccnc2C)c(F)c1)N(C)CCOCC1CC1.I. The normalized spacial score (nSPS) is 13.9. The van der Waals surface area contributed by atoms with E-state index in [1.165, 1.54) is 12.8 Å². The van der Waals surface area contributed by atoms with E-state index in [9.17, 15) is 4.39 Å². The van der Waals surface area contributed by atoms with Crippen molar-refractivity contribution >= 4 is 29.9 Å². The topological polar surface area (TPSA) is 54.7 Å². The molecule has 1 heterocycles. The van der Waals surface area contributed by atoms with Gasteiger partial charge in [-0.25, -0.2) is 9.37 Å². The molecule has 1 saturated carbocycles. The fourth-order valence-electron chi connectivity index (χ4n) is 2.90. The van der Waals surface area contributed by atoms with Gasteiger partial charge < -0.3 is 19.5 Å². The van der Waals surface area contributed by atoms with Crippen LogP contribution < -0.4 is 5.32 Å². The molecule has 2 aromatic rings. The number of guanidine groups is 1. The lowest BCUT2D eigenvalue weighted by atomic mass is 10.2. The van der Waals surface area contributed by atoms with Gasteiger partial charge in [0.05, 0.1) is 12.3 Å². The maximum Gasteiger partial charge on any atom is 0.193 e. The van der Waals surface area contributed by atoms with Gasteiger partial charge in [0.1, 0.15) is 11.6 Å². The van der Waals surface area contributed by atoms with E-state index in [4.69, 9.17) is 4.74 Å². The van der Waals surface area contributed by atoms with E-state index >= 15 is 0 Å². The zero-order valence-electron chi connectivity index (χ0n) is 16.7. The van der Waals surface area contributed by atoms with Gasteiger partial charge >= 0.3 is 0 Å². The number of rotatable bonds is 8. The van der Waals surface area contributed by atoms with Crippen LogP contribution in [0.25, 0.3) is 5.69 Å². The van der Waals surface area contributed by atoms with Gasteiger partial charge in [0.25, 0.3) is 0 Å². The molecule has 1 aliphatic carbocycles. The van der Waals surface area contributed by atoms with Crippen molar-refractivity contribution in [1.82, 2.24) is 19.8 Å². The highest BCUT2D eigenvalue weighted by atomic mass is 127. The van der Waals surface area contributed by atoms with Gasteiger partial charge in [0.2, 0.25) is 0 Å². The molecule has 0 aliphatic heterocycles. The summed E-state index contributed by atoms with van der Waals surface area (Å²) in [5.74, 6) is 2.02. The number of ether oxygens (including phenoxy) is 1. The first-order valence-electron chi connectivity index (χ1n) is 9.36. The molecule has 0 saturated heterocycles. The molecule has 1 aromatic carbocycles. The minimum Gasteiger partial charge on any atom is -0.379 e. The smallest absolute Gasteiger partial charge is 0.193 e. The van der Waals surface area contributed by atoms with E-state index in [1.54, 1.807) is 36.1 Å². The summed E-state index contributed by atoms with van der Waals surface area (Å²) in [7, 11) is 3.72. The minimum atomic E-state index is -0.271. The van der Waals surface area contributed by atoms with Crippen molar-refractivity contribution in [1.29, 1.82) is 0 Å². The Labute approximate surface area is 183 Å². The van der Waals surface area contributed by atoms with Crippen molar-refractivity contribution in [3.05, 3.63) is 47.8 Å². The predicted molar refractivity (Wildman–Crippen MR) is 120 cm³/mol. The first-order chi connectivity index (χ1) is 13.1. The molecular weight excluding hydrogens is 472 g/mol. The second-order valence-electron chi connectivity index (χ2n) is 6.97. The van der Waals surface area contributed by atoms with Crippen LogP contribution in [0.15, 0.2) is 35.6 Å². The van der Waals surface area contributed by atoms with Gasteiger partial charge in [-0.2, -0.15) is 0 Å². The lowest BCUT2D eigenvalue weighted by molar-refractivity contribution is 0.115. The van der Waals surface area contributed by atoms with Crippen molar-refractivity contribution in [2.75, 3.05) is 33.9 Å². The van der Waals surface area contributed by atoms with Crippen molar-refractivity contribution in [2.45, 2.75) is 26.3 Å². The van der Waals surface area contributed by atoms with Crippen molar-refractivity contribution in [2.24, 2.45) is 10.9 Å². The second kappa shape index (κ2) is 10.8. The quantitative estimate of drug-likeness (QED) is 0.261. The summed E-state index contributed by atoms with van der Waals surface area (Å²) in [4.78, 5) is 10.5. The molecule has 1 aromatic heterocycles. The van der Waals surface area contributed by atoms with Crippen LogP contribution in [0.2, 0.25) is 0 Å². The summed E-state index contributed by atoms with van der Waals surface area (Å²) in [6, 6.07) is 5.24. The first-order valence-corrected chi connectivity index (χ1v) is 9.36. The van der Waals surface area contributed by atoms with Gasteiger partial charge in [-0.15, -0.1) is 24.0 Å². The van der Waals surface area contributed by atoms with E-state index in [0.29, 0.717) is 18.8 Å². The molecule has 1 fully saturated rings. The lowest BCUT2D eigenvalue weighted by Crippen LogP contribution is -2.40. The average molecular weight is 501 g/mol. The van der Waals surface area contributed by atoms with Gasteiger partial charge in [0, 0.05) is 46.2 Å². The standard InChI is InChI=1S/C20H28FN5O.HI/c1-15-23-8-9-26(15)19-7-6-17(12-18(19)21)13-24-20(22-2)25(3)10-11-27-14-16-4-5-16;/h6-9,12,16H,4-5,10-11,13-14H2,1-3H3,(H,22,24);1H. The number of hydrogen-bond donors (Lipinski definition) is 1. The second-order valence-corrected chi connectivity index (χ2v) is 6.97. The molecule has 0 bridgehead atoms. The Morgan fingerprint density at radius 1 is 1.43 bits per heavy atom. The largest absolute Gasteiger partial charge is 0.379 e. The highest BCUT2D eigenvalue weighted by molar-refractivity contribution is 14.0. The molecule has 28 heavy (non-hydrogen) atoms. The highest BCUT2D eigenvalue weighted by Crippen LogP contribution is 2.28. The third-order valence-electron chi connectivity index (χ3n) is 4.74. The fraction of sp³-hybridized carbons (Fsp3) is 0.500. The van der Waals surface area contributed by atoms with Crippen molar-refractivity contribution in [3.63, 3.8) is 0 Å². The number of aryl methyl sites for hydroxylation is 1. The summed E-state index contributed by atoms with van der Waals surface area (Å²) in [5, 5.41) is 3.27. The molecule has 1 aliphatic rings. The third-order valence-corrected chi connectivity index (χ3v) is 4.74. The number of imidazole rings is 1. The molecule has 8 heteroatoms. The Balaban J connectivity index is 0.00000280. The summed E-state index contributed by atoms with van der Waals surface area (Å²) in [6.07, 6.45) is 6.02. The van der Waals surface area contributed by atoms with Crippen LogP contribution >= 0.6 is 24.0 Å². The molecule has 6 nitrogen and oxygen atoms in total. The van der Waals surface area contributed by atoms with Crippen LogP contribution in [0.4, 0.5) is 4.39 Å². The first kappa shape index (κ1) is 22.6. The molecule has 0 amide bonds. The number of halogens is 2. The lowest BCUT2D eigenvalue weighted by Gasteiger charge is -2.22. The average Bonchev–Trinajstić information content (AvgIpc) is 3.39. The zero-order chi connectivity index (χ0) is 19.2. The van der Waals surface area contributed by atoms with Crippen LogP contribution in [0.3, 0.4) is 0 Å². The van der Waals surface area contributed by atoms with E-state index < -0.39 is 0 Å². The molecular formula is C20H29FIN5O. The van der Waals surface area contributed by atoms with Gasteiger partial charge in [-0.05, 0) is 43.4 Å². The number of nitrogens with one attached hydrogen (secondary N) is 1. The number of likely N-dealkylation sites (N-methyl/N-ethyl adjacent to an activating group) is 1. The van der Waals surface area contributed by atoms with Crippen molar-refractivity contribution < 1.29 is 9.13 Å². The summed E-state index contributed by atoms with van der Waals surface area (Å²) in [6.45, 7) is 4.66.